The quantitative estimate of drug-likeness (QED) is 0.465. The van der Waals surface area contributed by atoms with Crippen molar-refractivity contribution in [2.45, 2.75) is 19.6 Å². The van der Waals surface area contributed by atoms with E-state index in [0.717, 1.165) is 39.0 Å². The topological polar surface area (TPSA) is 87.6 Å². The third kappa shape index (κ3) is 4.18. The lowest BCUT2D eigenvalue weighted by Crippen LogP contribution is -2.07. The summed E-state index contributed by atoms with van der Waals surface area (Å²) in [5.41, 5.74) is 11.8. The Kier molecular flexibility index (Phi) is 5.77. The second-order valence-electron chi connectivity index (χ2n) is 6.85. The summed E-state index contributed by atoms with van der Waals surface area (Å²) in [5, 5.41) is 0. The molecule has 0 unspecified atom stereocenters. The van der Waals surface area contributed by atoms with Gasteiger partial charge in [-0.3, -0.25) is 4.79 Å². The SMILES string of the molecule is COC(=O)Cc1ccccc1OCc1cc(-c2cccc(CN)c2)c2occc2n1. The molecule has 0 aliphatic carbocycles. The van der Waals surface area contributed by atoms with E-state index in [4.69, 9.17) is 19.6 Å². The second-order valence-corrected chi connectivity index (χ2v) is 6.85. The van der Waals surface area contributed by atoms with Gasteiger partial charge in [-0.2, -0.15) is 0 Å². The molecule has 0 radical (unpaired) electrons. The number of para-hydroxylation sites is 1. The Hall–Kier alpha value is -3.64. The van der Waals surface area contributed by atoms with Crippen LogP contribution >= 0.6 is 0 Å². The molecule has 0 amide bonds. The molecule has 0 saturated carbocycles. The highest BCUT2D eigenvalue weighted by Gasteiger charge is 2.13. The lowest BCUT2D eigenvalue weighted by molar-refractivity contribution is -0.139. The lowest BCUT2D eigenvalue weighted by Gasteiger charge is -2.12. The van der Waals surface area contributed by atoms with Crippen molar-refractivity contribution in [2.24, 2.45) is 5.73 Å². The van der Waals surface area contributed by atoms with Crippen molar-refractivity contribution >= 4 is 17.1 Å². The maximum absolute atomic E-state index is 11.7. The Morgan fingerprint density at radius 1 is 1.10 bits per heavy atom. The maximum atomic E-state index is 11.7. The van der Waals surface area contributed by atoms with E-state index in [-0.39, 0.29) is 19.0 Å². The van der Waals surface area contributed by atoms with E-state index in [2.05, 4.69) is 4.98 Å². The standard InChI is InChI=1S/C24H22N2O4/c1-28-23(27)12-18-6-2-3-8-22(18)30-15-19-13-20(24-21(26-19)9-10-29-24)17-7-4-5-16(11-17)14-25/h2-11,13H,12,14-15,25H2,1H3. The number of esters is 1. The first-order chi connectivity index (χ1) is 14.7. The molecule has 2 N–H and O–H groups in total. The summed E-state index contributed by atoms with van der Waals surface area (Å²) in [6, 6.07) is 19.3. The van der Waals surface area contributed by atoms with Crippen LogP contribution in [0.4, 0.5) is 0 Å². The highest BCUT2D eigenvalue weighted by atomic mass is 16.5. The predicted octanol–water partition coefficient (Wildman–Crippen LogP) is 4.25. The zero-order valence-electron chi connectivity index (χ0n) is 16.6. The monoisotopic (exact) mass is 402 g/mol. The van der Waals surface area contributed by atoms with Crippen molar-refractivity contribution in [3.8, 4) is 16.9 Å². The third-order valence-electron chi connectivity index (χ3n) is 4.85. The van der Waals surface area contributed by atoms with Crippen LogP contribution in [-0.4, -0.2) is 18.1 Å². The average Bonchev–Trinajstić information content (AvgIpc) is 3.26. The molecule has 0 spiro atoms. The Bertz CT molecular complexity index is 1180. The van der Waals surface area contributed by atoms with Gasteiger partial charge in [-0.15, -0.1) is 0 Å². The highest BCUT2D eigenvalue weighted by molar-refractivity contribution is 5.90. The molecule has 4 rings (SSSR count). The summed E-state index contributed by atoms with van der Waals surface area (Å²) in [6.07, 6.45) is 1.78. The number of nitrogens with two attached hydrogens (primary N) is 1. The molecule has 0 saturated heterocycles. The van der Waals surface area contributed by atoms with Crippen LogP contribution in [0.1, 0.15) is 16.8 Å². The van der Waals surface area contributed by atoms with E-state index in [1.54, 1.807) is 6.26 Å². The number of aromatic nitrogens is 1. The van der Waals surface area contributed by atoms with Crippen molar-refractivity contribution in [3.05, 3.63) is 83.7 Å². The van der Waals surface area contributed by atoms with E-state index in [1.807, 2.05) is 60.7 Å². The van der Waals surface area contributed by atoms with Crippen molar-refractivity contribution in [1.82, 2.24) is 4.98 Å². The fourth-order valence-electron chi connectivity index (χ4n) is 3.34. The fraction of sp³-hybridized carbons (Fsp3) is 0.167. The number of carbonyl (C=O) groups is 1. The first kappa shape index (κ1) is 19.7. The molecule has 0 bridgehead atoms. The summed E-state index contributed by atoms with van der Waals surface area (Å²) in [4.78, 5) is 16.3. The van der Waals surface area contributed by atoms with Crippen molar-refractivity contribution < 1.29 is 18.7 Å². The van der Waals surface area contributed by atoms with E-state index in [0.29, 0.717) is 12.3 Å². The van der Waals surface area contributed by atoms with E-state index in [9.17, 15) is 4.79 Å². The van der Waals surface area contributed by atoms with Gasteiger partial charge in [-0.1, -0.05) is 36.4 Å². The fourth-order valence-corrected chi connectivity index (χ4v) is 3.34. The summed E-state index contributed by atoms with van der Waals surface area (Å²) < 4.78 is 16.5. The van der Waals surface area contributed by atoms with Gasteiger partial charge in [-0.25, -0.2) is 4.98 Å². The normalized spacial score (nSPS) is 10.9. The van der Waals surface area contributed by atoms with Crippen LogP contribution in [-0.2, 0) is 29.1 Å². The Balaban J connectivity index is 1.64. The number of fused-ring (bicyclic) bond motifs is 1. The van der Waals surface area contributed by atoms with Crippen molar-refractivity contribution in [2.75, 3.05) is 7.11 Å². The van der Waals surface area contributed by atoms with Crippen LogP contribution in [0.5, 0.6) is 5.75 Å². The molecule has 0 aliphatic heterocycles. The number of rotatable bonds is 7. The minimum atomic E-state index is -0.314. The number of furan rings is 1. The first-order valence-corrected chi connectivity index (χ1v) is 9.62. The maximum Gasteiger partial charge on any atom is 0.310 e. The number of ether oxygens (including phenoxy) is 2. The van der Waals surface area contributed by atoms with Gasteiger partial charge in [0.05, 0.1) is 25.5 Å². The van der Waals surface area contributed by atoms with Crippen LogP contribution in [0.3, 0.4) is 0 Å². The molecule has 152 valence electrons. The number of methoxy groups -OCH3 is 1. The summed E-state index contributed by atoms with van der Waals surface area (Å²) >= 11 is 0. The molecule has 2 aromatic carbocycles. The van der Waals surface area contributed by atoms with Gasteiger partial charge < -0.3 is 19.6 Å². The van der Waals surface area contributed by atoms with Crippen LogP contribution in [0, 0.1) is 0 Å². The van der Waals surface area contributed by atoms with Crippen LogP contribution < -0.4 is 10.5 Å². The molecule has 2 heterocycles. The van der Waals surface area contributed by atoms with Crippen molar-refractivity contribution in [3.63, 3.8) is 0 Å². The Labute approximate surface area is 174 Å². The van der Waals surface area contributed by atoms with Gasteiger partial charge in [0.2, 0.25) is 0 Å². The average molecular weight is 402 g/mol. The number of benzene rings is 2. The van der Waals surface area contributed by atoms with Crippen molar-refractivity contribution in [1.29, 1.82) is 0 Å². The smallest absolute Gasteiger partial charge is 0.310 e. The highest BCUT2D eigenvalue weighted by Crippen LogP contribution is 2.30. The molecule has 0 fully saturated rings. The second kappa shape index (κ2) is 8.80. The molecular weight excluding hydrogens is 380 g/mol. The van der Waals surface area contributed by atoms with Crippen LogP contribution in [0.15, 0.2) is 71.3 Å². The third-order valence-corrected chi connectivity index (χ3v) is 4.85. The number of nitrogens with zero attached hydrogens (tertiary/aromatic N) is 1. The van der Waals surface area contributed by atoms with Gasteiger partial charge in [0, 0.05) is 23.7 Å². The van der Waals surface area contributed by atoms with Gasteiger partial charge in [0.15, 0.2) is 5.58 Å². The van der Waals surface area contributed by atoms with Gasteiger partial charge in [0.25, 0.3) is 0 Å². The largest absolute Gasteiger partial charge is 0.487 e. The first-order valence-electron chi connectivity index (χ1n) is 9.62. The number of carbonyl (C=O) groups excluding carboxylic acids is 1. The molecule has 0 aliphatic rings. The molecular formula is C24H22N2O4. The van der Waals surface area contributed by atoms with E-state index in [1.165, 1.54) is 7.11 Å². The molecule has 2 aromatic heterocycles. The van der Waals surface area contributed by atoms with Crippen LogP contribution in [0.25, 0.3) is 22.2 Å². The van der Waals surface area contributed by atoms with E-state index < -0.39 is 0 Å². The molecule has 6 nitrogen and oxygen atoms in total. The summed E-state index contributed by atoms with van der Waals surface area (Å²) in [5.74, 6) is 0.315. The minimum Gasteiger partial charge on any atom is -0.487 e. The zero-order valence-corrected chi connectivity index (χ0v) is 16.6. The lowest BCUT2D eigenvalue weighted by atomic mass is 10.0. The summed E-state index contributed by atoms with van der Waals surface area (Å²) in [6.45, 7) is 0.718. The van der Waals surface area contributed by atoms with Crippen LogP contribution in [0.2, 0.25) is 0 Å². The zero-order chi connectivity index (χ0) is 20.9. The van der Waals surface area contributed by atoms with Gasteiger partial charge in [-0.05, 0) is 29.3 Å². The van der Waals surface area contributed by atoms with E-state index >= 15 is 0 Å². The number of hydrogen-bond acceptors (Lipinski definition) is 6. The molecule has 0 atom stereocenters. The number of pyridine rings is 1. The predicted molar refractivity (Wildman–Crippen MR) is 114 cm³/mol. The summed E-state index contributed by atoms with van der Waals surface area (Å²) in [7, 11) is 1.37. The number of hydrogen-bond donors (Lipinski definition) is 1. The minimum absolute atomic E-state index is 0.151. The Morgan fingerprint density at radius 2 is 1.97 bits per heavy atom. The molecule has 6 heteroatoms. The van der Waals surface area contributed by atoms with Gasteiger partial charge in [0.1, 0.15) is 17.9 Å². The molecule has 4 aromatic rings. The van der Waals surface area contributed by atoms with Gasteiger partial charge >= 0.3 is 5.97 Å². The Morgan fingerprint density at radius 3 is 2.80 bits per heavy atom. The molecule has 30 heavy (non-hydrogen) atoms.